The number of nitrogens with one attached hydrogen (secondary N) is 2. The van der Waals surface area contributed by atoms with Gasteiger partial charge in [-0.3, -0.25) is 4.99 Å². The highest BCUT2D eigenvalue weighted by atomic mass is 79.9. The number of aliphatic imine (C=N–C) groups is 1. The minimum absolute atomic E-state index is 0.237. The molecule has 0 atom stereocenters. The van der Waals surface area contributed by atoms with Gasteiger partial charge >= 0.3 is 6.18 Å². The number of methoxy groups -OCH3 is 2. The van der Waals surface area contributed by atoms with Gasteiger partial charge in [0.05, 0.1) is 25.1 Å². The Bertz CT molecular complexity index is 551. The molecule has 0 saturated heterocycles. The summed E-state index contributed by atoms with van der Waals surface area (Å²) in [5, 5.41) is 5.56. The largest absolute Gasteiger partial charge is 0.493 e. The second-order valence-corrected chi connectivity index (χ2v) is 5.39. The minimum atomic E-state index is -4.19. The first-order valence-corrected chi connectivity index (χ1v) is 7.51. The summed E-state index contributed by atoms with van der Waals surface area (Å²) in [6, 6.07) is 3.61. The van der Waals surface area contributed by atoms with E-state index >= 15 is 0 Å². The number of alkyl halides is 3. The summed E-state index contributed by atoms with van der Waals surface area (Å²) in [4.78, 5) is 3.88. The fraction of sp³-hybridized carbons (Fsp3) is 0.500. The molecule has 0 bridgehead atoms. The molecule has 0 aliphatic carbocycles. The molecular weight excluding hydrogens is 379 g/mol. The third kappa shape index (κ3) is 6.55. The van der Waals surface area contributed by atoms with Crippen molar-refractivity contribution in [1.29, 1.82) is 0 Å². The van der Waals surface area contributed by atoms with Gasteiger partial charge in [0.2, 0.25) is 0 Å². The smallest absolute Gasteiger partial charge is 0.390 e. The summed E-state index contributed by atoms with van der Waals surface area (Å²) < 4.78 is 47.6. The van der Waals surface area contributed by atoms with Crippen molar-refractivity contribution < 1.29 is 22.6 Å². The lowest BCUT2D eigenvalue weighted by atomic mass is 10.2. The molecule has 2 N–H and O–H groups in total. The van der Waals surface area contributed by atoms with Crippen molar-refractivity contribution in [2.24, 2.45) is 4.99 Å². The van der Waals surface area contributed by atoms with Gasteiger partial charge in [-0.05, 0) is 33.6 Å². The number of ether oxygens (including phenoxy) is 2. The summed E-state index contributed by atoms with van der Waals surface area (Å²) in [5.74, 6) is 1.42. The summed E-state index contributed by atoms with van der Waals surface area (Å²) in [5.41, 5.74) is 0.855. The lowest BCUT2D eigenvalue weighted by molar-refractivity contribution is -0.132. The molecule has 5 nitrogen and oxygen atoms in total. The van der Waals surface area contributed by atoms with Crippen LogP contribution in [0.3, 0.4) is 0 Å². The van der Waals surface area contributed by atoms with Gasteiger partial charge in [0.25, 0.3) is 0 Å². The molecule has 0 radical (unpaired) electrons. The van der Waals surface area contributed by atoms with Crippen molar-refractivity contribution in [3.63, 3.8) is 0 Å². The standard InChI is InChI=1S/C14H19BrF3N3O2/c1-19-13(20-5-4-14(16,17)18)21-8-9-6-10(15)12(23-3)11(7-9)22-2/h6-7H,4-5,8H2,1-3H3,(H2,19,20,21). The van der Waals surface area contributed by atoms with Gasteiger partial charge in [-0.1, -0.05) is 0 Å². The quantitative estimate of drug-likeness (QED) is 0.572. The van der Waals surface area contributed by atoms with Gasteiger partial charge in [-0.2, -0.15) is 13.2 Å². The molecule has 130 valence electrons. The molecule has 23 heavy (non-hydrogen) atoms. The molecule has 0 spiro atoms. The molecule has 0 fully saturated rings. The number of hydrogen-bond donors (Lipinski definition) is 2. The molecule has 1 aromatic carbocycles. The maximum Gasteiger partial charge on any atom is 0.390 e. The van der Waals surface area contributed by atoms with Crippen molar-refractivity contribution in [2.45, 2.75) is 19.1 Å². The second kappa shape index (κ2) is 8.85. The Labute approximate surface area is 141 Å². The molecule has 0 aliphatic rings. The van der Waals surface area contributed by atoms with Crippen LogP contribution < -0.4 is 20.1 Å². The Morgan fingerprint density at radius 2 is 1.91 bits per heavy atom. The zero-order chi connectivity index (χ0) is 17.5. The second-order valence-electron chi connectivity index (χ2n) is 4.53. The first-order chi connectivity index (χ1) is 10.8. The molecule has 1 rings (SSSR count). The van der Waals surface area contributed by atoms with E-state index in [0.717, 1.165) is 10.0 Å². The van der Waals surface area contributed by atoms with Crippen molar-refractivity contribution in [2.75, 3.05) is 27.8 Å². The van der Waals surface area contributed by atoms with Gasteiger partial charge in [0, 0.05) is 20.1 Å². The van der Waals surface area contributed by atoms with Gasteiger partial charge in [0.1, 0.15) is 0 Å². The van der Waals surface area contributed by atoms with Crippen LogP contribution in [-0.4, -0.2) is 39.9 Å². The fourth-order valence-electron chi connectivity index (χ4n) is 1.80. The summed E-state index contributed by atoms with van der Waals surface area (Å²) >= 11 is 3.38. The number of hydrogen-bond acceptors (Lipinski definition) is 3. The SMILES string of the molecule is CN=C(NCCC(F)(F)F)NCc1cc(Br)c(OC)c(OC)c1. The van der Waals surface area contributed by atoms with Crippen LogP contribution in [-0.2, 0) is 6.54 Å². The van der Waals surface area contributed by atoms with Crippen molar-refractivity contribution in [3.05, 3.63) is 22.2 Å². The van der Waals surface area contributed by atoms with Crippen LogP contribution in [0, 0.1) is 0 Å². The fourth-order valence-corrected chi connectivity index (χ4v) is 2.45. The van der Waals surface area contributed by atoms with E-state index in [0.29, 0.717) is 24.0 Å². The number of benzene rings is 1. The Morgan fingerprint density at radius 3 is 2.43 bits per heavy atom. The summed E-state index contributed by atoms with van der Waals surface area (Å²) in [6.45, 7) is 0.128. The Kier molecular flexibility index (Phi) is 7.47. The van der Waals surface area contributed by atoms with E-state index in [9.17, 15) is 13.2 Å². The molecule has 0 aromatic heterocycles. The van der Waals surface area contributed by atoms with Gasteiger partial charge < -0.3 is 20.1 Å². The van der Waals surface area contributed by atoms with Crippen molar-refractivity contribution in [1.82, 2.24) is 10.6 Å². The van der Waals surface area contributed by atoms with Crippen LogP contribution >= 0.6 is 15.9 Å². The maximum absolute atomic E-state index is 12.1. The molecule has 0 unspecified atom stereocenters. The number of guanidine groups is 1. The first kappa shape index (κ1) is 19.4. The summed E-state index contributed by atoms with van der Waals surface area (Å²) in [6.07, 6.45) is -5.12. The van der Waals surface area contributed by atoms with E-state index < -0.39 is 12.6 Å². The van der Waals surface area contributed by atoms with Crippen molar-refractivity contribution in [3.8, 4) is 11.5 Å². The predicted molar refractivity (Wildman–Crippen MR) is 86.1 cm³/mol. The van der Waals surface area contributed by atoms with Crippen LogP contribution in [0.1, 0.15) is 12.0 Å². The molecule has 1 aromatic rings. The average Bonchev–Trinajstić information content (AvgIpc) is 2.48. The van der Waals surface area contributed by atoms with E-state index in [1.54, 1.807) is 6.07 Å². The Balaban J connectivity index is 2.64. The van der Waals surface area contributed by atoms with E-state index in [4.69, 9.17) is 9.47 Å². The Hall–Kier alpha value is -1.64. The highest BCUT2D eigenvalue weighted by molar-refractivity contribution is 9.10. The third-order valence-corrected chi connectivity index (χ3v) is 3.47. The third-order valence-electron chi connectivity index (χ3n) is 2.88. The lowest BCUT2D eigenvalue weighted by Crippen LogP contribution is -2.38. The van der Waals surface area contributed by atoms with E-state index in [1.807, 2.05) is 6.07 Å². The van der Waals surface area contributed by atoms with Crippen LogP contribution in [0.5, 0.6) is 11.5 Å². The van der Waals surface area contributed by atoms with E-state index in [-0.39, 0.29) is 6.54 Å². The Morgan fingerprint density at radius 1 is 1.22 bits per heavy atom. The van der Waals surface area contributed by atoms with E-state index in [2.05, 4.69) is 31.6 Å². The highest BCUT2D eigenvalue weighted by Crippen LogP contribution is 2.36. The van der Waals surface area contributed by atoms with E-state index in [1.165, 1.54) is 21.3 Å². The van der Waals surface area contributed by atoms with Crippen LogP contribution in [0.15, 0.2) is 21.6 Å². The van der Waals surface area contributed by atoms with Crippen LogP contribution in [0.2, 0.25) is 0 Å². The average molecular weight is 398 g/mol. The number of nitrogens with zero attached hydrogens (tertiary/aromatic N) is 1. The van der Waals surface area contributed by atoms with Gasteiger partial charge in [-0.15, -0.1) is 0 Å². The normalized spacial score (nSPS) is 12.0. The van der Waals surface area contributed by atoms with Crippen LogP contribution in [0.25, 0.3) is 0 Å². The molecular formula is C14H19BrF3N3O2. The van der Waals surface area contributed by atoms with Crippen molar-refractivity contribution >= 4 is 21.9 Å². The maximum atomic E-state index is 12.1. The molecule has 0 saturated carbocycles. The first-order valence-electron chi connectivity index (χ1n) is 6.72. The topological polar surface area (TPSA) is 54.9 Å². The number of rotatable bonds is 6. The predicted octanol–water partition coefficient (Wildman–Crippen LogP) is 3.08. The molecule has 9 heteroatoms. The molecule has 0 amide bonds. The molecule has 0 heterocycles. The summed E-state index contributed by atoms with van der Waals surface area (Å²) in [7, 11) is 4.56. The molecule has 0 aliphatic heterocycles. The zero-order valence-corrected chi connectivity index (χ0v) is 14.6. The van der Waals surface area contributed by atoms with Gasteiger partial charge in [-0.25, -0.2) is 0 Å². The highest BCUT2D eigenvalue weighted by Gasteiger charge is 2.26. The monoisotopic (exact) mass is 397 g/mol. The minimum Gasteiger partial charge on any atom is -0.493 e. The van der Waals surface area contributed by atoms with Gasteiger partial charge in [0.15, 0.2) is 17.5 Å². The van der Waals surface area contributed by atoms with Crippen LogP contribution in [0.4, 0.5) is 13.2 Å². The zero-order valence-electron chi connectivity index (χ0n) is 13.1. The number of halogens is 4. The lowest BCUT2D eigenvalue weighted by Gasteiger charge is -2.15.